The largest absolute Gasteiger partial charge is 0.481 e. The van der Waals surface area contributed by atoms with Gasteiger partial charge in [-0.3, -0.25) is 14.9 Å². The minimum Gasteiger partial charge on any atom is -0.481 e. The Balaban J connectivity index is 2.34. The lowest BCUT2D eigenvalue weighted by molar-refractivity contribution is -0.138. The molecule has 0 aromatic rings. The maximum atomic E-state index is 10.7. The molecule has 62 valence electrons. The molecule has 0 aliphatic carbocycles. The highest BCUT2D eigenvalue weighted by Gasteiger charge is 2.20. The first-order valence-electron chi connectivity index (χ1n) is 3.40. The summed E-state index contributed by atoms with van der Waals surface area (Å²) in [4.78, 5) is 20.9. The van der Waals surface area contributed by atoms with Crippen molar-refractivity contribution in [2.75, 3.05) is 6.67 Å². The monoisotopic (exact) mass is 158 g/mol. The average Bonchev–Trinajstić information content (AvgIpc) is 1.85. The molecule has 0 aromatic heterocycles. The highest BCUT2D eigenvalue weighted by molar-refractivity contribution is 5.78. The average molecular weight is 158 g/mol. The van der Waals surface area contributed by atoms with E-state index < -0.39 is 5.97 Å². The summed E-state index contributed by atoms with van der Waals surface area (Å²) in [5.74, 6) is -0.966. The quantitative estimate of drug-likeness (QED) is 0.476. The zero-order valence-electron chi connectivity index (χ0n) is 5.96. The number of hydrogen-bond acceptors (Lipinski definition) is 3. The fourth-order valence-electron chi connectivity index (χ4n) is 1.02. The summed E-state index contributed by atoms with van der Waals surface area (Å²) < 4.78 is 0. The number of carboxylic acids is 1. The van der Waals surface area contributed by atoms with Crippen LogP contribution in [-0.4, -0.2) is 29.7 Å². The first kappa shape index (κ1) is 8.00. The Morgan fingerprint density at radius 1 is 1.73 bits per heavy atom. The van der Waals surface area contributed by atoms with E-state index in [1.807, 2.05) is 0 Å². The van der Waals surface area contributed by atoms with E-state index in [0.717, 1.165) is 0 Å². The third-order valence-corrected chi connectivity index (χ3v) is 1.53. The molecule has 0 radical (unpaired) electrons. The first-order chi connectivity index (χ1) is 5.18. The van der Waals surface area contributed by atoms with Gasteiger partial charge in [-0.15, -0.1) is 0 Å². The van der Waals surface area contributed by atoms with Crippen molar-refractivity contribution in [1.29, 1.82) is 0 Å². The van der Waals surface area contributed by atoms with E-state index in [4.69, 9.17) is 5.11 Å². The molecule has 1 unspecified atom stereocenters. The van der Waals surface area contributed by atoms with Gasteiger partial charge in [0.05, 0.1) is 13.1 Å². The second-order valence-corrected chi connectivity index (χ2v) is 2.48. The molecular formula is C6H10N2O3. The molecule has 1 amide bonds. The molecule has 3 N–H and O–H groups in total. The molecule has 1 saturated heterocycles. The van der Waals surface area contributed by atoms with Crippen LogP contribution in [0.25, 0.3) is 0 Å². The zero-order valence-corrected chi connectivity index (χ0v) is 5.96. The maximum Gasteiger partial charge on any atom is 0.304 e. The van der Waals surface area contributed by atoms with Gasteiger partial charge in [-0.2, -0.15) is 0 Å². The van der Waals surface area contributed by atoms with Crippen molar-refractivity contribution in [3.8, 4) is 0 Å². The minimum absolute atomic E-state index is 0.00736. The lowest BCUT2D eigenvalue weighted by Crippen LogP contribution is -2.48. The number of aliphatic carboxylic acids is 1. The first-order valence-corrected chi connectivity index (χ1v) is 3.40. The Morgan fingerprint density at radius 2 is 2.45 bits per heavy atom. The lowest BCUT2D eigenvalue weighted by Gasteiger charge is -2.21. The van der Waals surface area contributed by atoms with Crippen molar-refractivity contribution in [2.45, 2.75) is 18.9 Å². The fraction of sp³-hybridized carbons (Fsp3) is 0.667. The molecule has 1 rings (SSSR count). The van der Waals surface area contributed by atoms with Gasteiger partial charge in [0.25, 0.3) is 0 Å². The number of amides is 1. The fourth-order valence-corrected chi connectivity index (χ4v) is 1.02. The second-order valence-electron chi connectivity index (χ2n) is 2.48. The highest BCUT2D eigenvalue weighted by Crippen LogP contribution is 2.00. The van der Waals surface area contributed by atoms with E-state index in [9.17, 15) is 9.59 Å². The van der Waals surface area contributed by atoms with E-state index in [1.165, 1.54) is 0 Å². The van der Waals surface area contributed by atoms with Gasteiger partial charge < -0.3 is 10.4 Å². The molecule has 5 heteroatoms. The standard InChI is InChI=1S/C6H10N2O3/c9-5-1-4(2-6(10)11)7-3-8-5/h4,7H,1-3H2,(H,8,9)(H,10,11). The number of carboxylic acid groups (broad SMARTS) is 1. The smallest absolute Gasteiger partial charge is 0.304 e. The van der Waals surface area contributed by atoms with Gasteiger partial charge in [0.2, 0.25) is 5.91 Å². The number of carbonyl (C=O) groups excluding carboxylic acids is 1. The Bertz CT molecular complexity index is 179. The minimum atomic E-state index is -0.878. The number of nitrogens with one attached hydrogen (secondary N) is 2. The van der Waals surface area contributed by atoms with E-state index in [-0.39, 0.29) is 24.8 Å². The Kier molecular flexibility index (Phi) is 2.43. The number of hydrogen-bond donors (Lipinski definition) is 3. The summed E-state index contributed by atoms with van der Waals surface area (Å²) in [7, 11) is 0. The van der Waals surface area contributed by atoms with Crippen molar-refractivity contribution in [3.05, 3.63) is 0 Å². The van der Waals surface area contributed by atoms with Crippen molar-refractivity contribution in [3.63, 3.8) is 0 Å². The summed E-state index contributed by atoms with van der Waals surface area (Å²) in [6, 6.07) is -0.207. The van der Waals surface area contributed by atoms with Gasteiger partial charge in [0, 0.05) is 12.5 Å². The molecule has 0 spiro atoms. The van der Waals surface area contributed by atoms with E-state index >= 15 is 0 Å². The van der Waals surface area contributed by atoms with Crippen LogP contribution in [0.2, 0.25) is 0 Å². The van der Waals surface area contributed by atoms with Gasteiger partial charge in [0.15, 0.2) is 0 Å². The topological polar surface area (TPSA) is 78.4 Å². The van der Waals surface area contributed by atoms with E-state index in [1.54, 1.807) is 0 Å². The van der Waals surface area contributed by atoms with Crippen molar-refractivity contribution >= 4 is 11.9 Å². The summed E-state index contributed by atoms with van der Waals surface area (Å²) in [6.07, 6.45) is 0.264. The predicted molar refractivity (Wildman–Crippen MR) is 36.8 cm³/mol. The van der Waals surface area contributed by atoms with E-state index in [2.05, 4.69) is 10.6 Å². The molecule has 1 aliphatic heterocycles. The third-order valence-electron chi connectivity index (χ3n) is 1.53. The van der Waals surface area contributed by atoms with Crippen LogP contribution in [0.3, 0.4) is 0 Å². The van der Waals surface area contributed by atoms with Crippen LogP contribution in [-0.2, 0) is 9.59 Å². The molecule has 0 bridgehead atoms. The normalized spacial score (nSPS) is 24.4. The molecule has 1 fully saturated rings. The highest BCUT2D eigenvalue weighted by atomic mass is 16.4. The molecule has 1 heterocycles. The molecule has 0 saturated carbocycles. The Hall–Kier alpha value is -1.10. The molecule has 1 atom stereocenters. The van der Waals surface area contributed by atoms with Crippen molar-refractivity contribution in [2.24, 2.45) is 0 Å². The van der Waals surface area contributed by atoms with Crippen molar-refractivity contribution < 1.29 is 14.7 Å². The summed E-state index contributed by atoms with van der Waals surface area (Å²) in [5, 5.41) is 13.8. The SMILES string of the molecule is O=C(O)CC1CC(=O)NCN1. The van der Waals surface area contributed by atoms with Gasteiger partial charge in [-0.25, -0.2) is 0 Å². The number of rotatable bonds is 2. The molecular weight excluding hydrogens is 148 g/mol. The zero-order chi connectivity index (χ0) is 8.27. The molecule has 5 nitrogen and oxygen atoms in total. The van der Waals surface area contributed by atoms with Crippen LogP contribution in [0, 0.1) is 0 Å². The van der Waals surface area contributed by atoms with E-state index in [0.29, 0.717) is 6.67 Å². The van der Waals surface area contributed by atoms with Gasteiger partial charge in [0.1, 0.15) is 0 Å². The molecule has 0 aromatic carbocycles. The second kappa shape index (κ2) is 3.34. The summed E-state index contributed by atoms with van der Waals surface area (Å²) in [6.45, 7) is 0.372. The van der Waals surface area contributed by atoms with Gasteiger partial charge >= 0.3 is 5.97 Å². The van der Waals surface area contributed by atoms with Gasteiger partial charge in [-0.1, -0.05) is 0 Å². The van der Waals surface area contributed by atoms with Crippen LogP contribution in [0.4, 0.5) is 0 Å². The Labute approximate surface area is 63.8 Å². The summed E-state index contributed by atoms with van der Waals surface area (Å²) >= 11 is 0. The Morgan fingerprint density at radius 3 is 3.00 bits per heavy atom. The van der Waals surface area contributed by atoms with Gasteiger partial charge in [-0.05, 0) is 0 Å². The van der Waals surface area contributed by atoms with Crippen molar-refractivity contribution in [1.82, 2.24) is 10.6 Å². The molecule has 1 aliphatic rings. The van der Waals surface area contributed by atoms with Crippen LogP contribution in [0.5, 0.6) is 0 Å². The third kappa shape index (κ3) is 2.55. The lowest BCUT2D eigenvalue weighted by atomic mass is 10.1. The predicted octanol–water partition coefficient (Wildman–Crippen LogP) is -1.10. The molecule has 11 heavy (non-hydrogen) atoms. The summed E-state index contributed by atoms with van der Waals surface area (Å²) in [5.41, 5.74) is 0. The number of carbonyl (C=O) groups is 2. The van der Waals surface area contributed by atoms with Crippen LogP contribution in [0.1, 0.15) is 12.8 Å². The van der Waals surface area contributed by atoms with Crippen LogP contribution < -0.4 is 10.6 Å². The maximum absolute atomic E-state index is 10.7. The van der Waals surface area contributed by atoms with Crippen LogP contribution >= 0.6 is 0 Å². The van der Waals surface area contributed by atoms with Crippen LogP contribution in [0.15, 0.2) is 0 Å².